The van der Waals surface area contributed by atoms with Gasteiger partial charge < -0.3 is 10.5 Å². The van der Waals surface area contributed by atoms with Crippen LogP contribution in [0, 0.1) is 0 Å². The number of nitrogens with two attached hydrogens (primary N) is 1. The monoisotopic (exact) mass is 233 g/mol. The number of benzene rings is 1. The van der Waals surface area contributed by atoms with Crippen LogP contribution in [-0.4, -0.2) is 12.6 Å². The van der Waals surface area contributed by atoms with Gasteiger partial charge in [0.05, 0.1) is 6.61 Å². The highest BCUT2D eigenvalue weighted by molar-refractivity contribution is 5.39. The van der Waals surface area contributed by atoms with Crippen LogP contribution < -0.4 is 10.5 Å². The largest absolute Gasteiger partial charge is 0.493 e. The second-order valence-corrected chi connectivity index (χ2v) is 5.03. The second kappa shape index (κ2) is 6.06. The Balaban J connectivity index is 1.78. The molecule has 2 heteroatoms. The fourth-order valence-electron chi connectivity index (χ4n) is 2.61. The molecule has 2 rings (SSSR count). The van der Waals surface area contributed by atoms with E-state index in [1.807, 2.05) is 6.07 Å². The lowest BCUT2D eigenvalue weighted by Crippen LogP contribution is -2.19. The summed E-state index contributed by atoms with van der Waals surface area (Å²) in [6.45, 7) is 3.04. The van der Waals surface area contributed by atoms with Crippen molar-refractivity contribution >= 4 is 0 Å². The minimum absolute atomic E-state index is 0.387. The van der Waals surface area contributed by atoms with Crippen molar-refractivity contribution in [1.82, 2.24) is 0 Å². The number of ether oxygens (including phenoxy) is 1. The van der Waals surface area contributed by atoms with Gasteiger partial charge in [-0.1, -0.05) is 38.0 Å². The Bertz CT molecular complexity index is 351. The fourth-order valence-corrected chi connectivity index (χ4v) is 2.61. The molecule has 0 aromatic heterocycles. The van der Waals surface area contributed by atoms with Crippen LogP contribution in [-0.2, 0) is 0 Å². The van der Waals surface area contributed by atoms with E-state index in [4.69, 9.17) is 10.5 Å². The topological polar surface area (TPSA) is 35.2 Å². The minimum atomic E-state index is 0.387. The molecule has 0 radical (unpaired) electrons. The quantitative estimate of drug-likeness (QED) is 0.816. The van der Waals surface area contributed by atoms with Gasteiger partial charge in [0.2, 0.25) is 0 Å². The van der Waals surface area contributed by atoms with E-state index >= 15 is 0 Å². The van der Waals surface area contributed by atoms with Crippen molar-refractivity contribution in [3.8, 4) is 5.75 Å². The number of para-hydroxylation sites is 1. The van der Waals surface area contributed by atoms with Gasteiger partial charge in [0.1, 0.15) is 5.75 Å². The maximum atomic E-state index is 6.03. The Hall–Kier alpha value is -1.02. The average molecular weight is 233 g/mol. The molecule has 1 aromatic rings. The molecule has 1 aliphatic heterocycles. The summed E-state index contributed by atoms with van der Waals surface area (Å²) < 4.78 is 5.68. The molecule has 1 aromatic carbocycles. The Morgan fingerprint density at radius 2 is 2.18 bits per heavy atom. The van der Waals surface area contributed by atoms with Crippen molar-refractivity contribution in [3.63, 3.8) is 0 Å². The molecule has 0 amide bonds. The zero-order valence-corrected chi connectivity index (χ0v) is 10.7. The van der Waals surface area contributed by atoms with Crippen molar-refractivity contribution in [2.75, 3.05) is 6.61 Å². The molecule has 94 valence electrons. The van der Waals surface area contributed by atoms with E-state index in [0.717, 1.165) is 25.2 Å². The van der Waals surface area contributed by atoms with E-state index in [0.29, 0.717) is 12.0 Å². The summed E-state index contributed by atoms with van der Waals surface area (Å²) in [6, 6.07) is 8.79. The van der Waals surface area contributed by atoms with Gasteiger partial charge in [0.25, 0.3) is 0 Å². The van der Waals surface area contributed by atoms with Crippen molar-refractivity contribution in [3.05, 3.63) is 29.8 Å². The summed E-state index contributed by atoms with van der Waals surface area (Å²) in [5.74, 6) is 1.66. The first-order valence-corrected chi connectivity index (χ1v) is 6.78. The first-order valence-electron chi connectivity index (χ1n) is 6.78. The highest BCUT2D eigenvalue weighted by atomic mass is 16.5. The zero-order chi connectivity index (χ0) is 12.1. The van der Waals surface area contributed by atoms with E-state index < -0.39 is 0 Å². The average Bonchev–Trinajstić information content (AvgIpc) is 2.73. The van der Waals surface area contributed by atoms with Gasteiger partial charge in [-0.25, -0.2) is 0 Å². The standard InChI is InChI=1S/C15H23NO/c1-2-6-13(16)8-5-7-12-11-17-15-10-4-3-9-14(12)15/h3-4,9-10,12-13H,2,5-8,11,16H2,1H3. The van der Waals surface area contributed by atoms with Crippen LogP contribution in [0.2, 0.25) is 0 Å². The molecular formula is C15H23NO. The molecule has 0 saturated heterocycles. The lowest BCUT2D eigenvalue weighted by Gasteiger charge is -2.12. The van der Waals surface area contributed by atoms with Crippen LogP contribution in [0.25, 0.3) is 0 Å². The Morgan fingerprint density at radius 1 is 1.35 bits per heavy atom. The molecule has 0 bridgehead atoms. The highest BCUT2D eigenvalue weighted by Gasteiger charge is 2.22. The molecule has 17 heavy (non-hydrogen) atoms. The van der Waals surface area contributed by atoms with Crippen LogP contribution in [0.15, 0.2) is 24.3 Å². The summed E-state index contributed by atoms with van der Waals surface area (Å²) in [4.78, 5) is 0. The lowest BCUT2D eigenvalue weighted by atomic mass is 9.94. The Morgan fingerprint density at radius 3 is 3.00 bits per heavy atom. The van der Waals surface area contributed by atoms with Gasteiger partial charge in [0.15, 0.2) is 0 Å². The third-order valence-electron chi connectivity index (χ3n) is 3.59. The van der Waals surface area contributed by atoms with Crippen LogP contribution >= 0.6 is 0 Å². The summed E-state index contributed by atoms with van der Waals surface area (Å²) in [5, 5.41) is 0. The van der Waals surface area contributed by atoms with Crippen LogP contribution in [0.4, 0.5) is 0 Å². The van der Waals surface area contributed by atoms with E-state index in [1.165, 1.54) is 24.8 Å². The smallest absolute Gasteiger partial charge is 0.122 e. The maximum absolute atomic E-state index is 6.03. The van der Waals surface area contributed by atoms with Crippen molar-refractivity contribution < 1.29 is 4.74 Å². The first-order chi connectivity index (χ1) is 8.31. The molecule has 2 nitrogen and oxygen atoms in total. The van der Waals surface area contributed by atoms with Gasteiger partial charge in [-0.15, -0.1) is 0 Å². The summed E-state index contributed by atoms with van der Waals surface area (Å²) in [7, 11) is 0. The number of hydrogen-bond donors (Lipinski definition) is 1. The van der Waals surface area contributed by atoms with Gasteiger partial charge in [-0.3, -0.25) is 0 Å². The number of fused-ring (bicyclic) bond motifs is 1. The van der Waals surface area contributed by atoms with Crippen molar-refractivity contribution in [2.24, 2.45) is 5.73 Å². The van der Waals surface area contributed by atoms with Crippen LogP contribution in [0.3, 0.4) is 0 Å². The summed E-state index contributed by atoms with van der Waals surface area (Å²) in [6.07, 6.45) is 5.90. The third kappa shape index (κ3) is 3.22. The maximum Gasteiger partial charge on any atom is 0.122 e. The minimum Gasteiger partial charge on any atom is -0.493 e. The molecule has 2 atom stereocenters. The number of hydrogen-bond acceptors (Lipinski definition) is 2. The van der Waals surface area contributed by atoms with Crippen LogP contribution in [0.5, 0.6) is 5.75 Å². The molecule has 0 spiro atoms. The molecular weight excluding hydrogens is 210 g/mol. The van der Waals surface area contributed by atoms with Crippen LogP contribution in [0.1, 0.15) is 50.5 Å². The predicted molar refractivity (Wildman–Crippen MR) is 71.4 cm³/mol. The van der Waals surface area contributed by atoms with Crippen molar-refractivity contribution in [1.29, 1.82) is 0 Å². The van der Waals surface area contributed by atoms with E-state index in [1.54, 1.807) is 0 Å². The predicted octanol–water partition coefficient (Wildman–Crippen LogP) is 3.46. The molecule has 0 fully saturated rings. The Labute approximate surface area is 104 Å². The van der Waals surface area contributed by atoms with E-state index in [2.05, 4.69) is 25.1 Å². The second-order valence-electron chi connectivity index (χ2n) is 5.03. The molecule has 2 N–H and O–H groups in total. The van der Waals surface area contributed by atoms with E-state index in [9.17, 15) is 0 Å². The lowest BCUT2D eigenvalue weighted by molar-refractivity contribution is 0.321. The third-order valence-corrected chi connectivity index (χ3v) is 3.59. The molecule has 2 unspecified atom stereocenters. The molecule has 0 saturated carbocycles. The summed E-state index contributed by atoms with van der Waals surface area (Å²) >= 11 is 0. The Kier molecular flexibility index (Phi) is 4.43. The fraction of sp³-hybridized carbons (Fsp3) is 0.600. The normalized spacial score (nSPS) is 19.8. The first kappa shape index (κ1) is 12.4. The SMILES string of the molecule is CCCC(N)CCCC1COc2ccccc21. The van der Waals surface area contributed by atoms with Gasteiger partial charge in [-0.05, 0) is 25.3 Å². The molecule has 1 aliphatic rings. The molecule has 0 aliphatic carbocycles. The summed E-state index contributed by atoms with van der Waals surface area (Å²) in [5.41, 5.74) is 7.42. The highest BCUT2D eigenvalue weighted by Crippen LogP contribution is 2.36. The number of rotatable bonds is 6. The van der Waals surface area contributed by atoms with Gasteiger partial charge in [0, 0.05) is 17.5 Å². The molecule has 1 heterocycles. The zero-order valence-electron chi connectivity index (χ0n) is 10.7. The van der Waals surface area contributed by atoms with Gasteiger partial charge in [-0.2, -0.15) is 0 Å². The van der Waals surface area contributed by atoms with Gasteiger partial charge >= 0.3 is 0 Å². The van der Waals surface area contributed by atoms with Crippen molar-refractivity contribution in [2.45, 2.75) is 51.0 Å². The van der Waals surface area contributed by atoms with E-state index in [-0.39, 0.29) is 0 Å².